The van der Waals surface area contributed by atoms with Crippen molar-refractivity contribution in [3.05, 3.63) is 40.8 Å². The zero-order valence-corrected chi connectivity index (χ0v) is 16.1. The Hall–Kier alpha value is -2.88. The van der Waals surface area contributed by atoms with E-state index in [9.17, 15) is 22.8 Å². The minimum atomic E-state index is -4.49. The van der Waals surface area contributed by atoms with Gasteiger partial charge in [-0.1, -0.05) is 0 Å². The van der Waals surface area contributed by atoms with Gasteiger partial charge in [0.2, 0.25) is 5.91 Å². The van der Waals surface area contributed by atoms with Crippen LogP contribution in [0.25, 0.3) is 16.8 Å². The van der Waals surface area contributed by atoms with Crippen LogP contribution < -0.4 is 10.6 Å². The SMILES string of the molecule is C[C@@H](NC(=O)c1cc(-c2ccc3nc(NC(=O)C4CC4)cn3c2)cs1)C(F)(F)F. The second kappa shape index (κ2) is 7.18. The number of carbonyl (C=O) groups excluding carboxylic acids is 2. The fraction of sp³-hybridized carbons (Fsp3) is 0.316. The van der Waals surface area contributed by atoms with Gasteiger partial charge in [-0.25, -0.2) is 4.98 Å². The van der Waals surface area contributed by atoms with Crippen molar-refractivity contribution in [1.82, 2.24) is 14.7 Å². The van der Waals surface area contributed by atoms with Crippen molar-refractivity contribution in [2.75, 3.05) is 5.32 Å². The average Bonchev–Trinajstić information content (AvgIpc) is 3.25. The van der Waals surface area contributed by atoms with Gasteiger partial charge in [-0.3, -0.25) is 9.59 Å². The van der Waals surface area contributed by atoms with Gasteiger partial charge in [-0.05, 0) is 54.5 Å². The predicted molar refractivity (Wildman–Crippen MR) is 103 cm³/mol. The van der Waals surface area contributed by atoms with E-state index in [2.05, 4.69) is 10.3 Å². The first kappa shape index (κ1) is 19.4. The first-order valence-corrected chi connectivity index (χ1v) is 9.85. The van der Waals surface area contributed by atoms with E-state index in [1.165, 1.54) is 0 Å². The molecule has 2 amide bonds. The van der Waals surface area contributed by atoms with Crippen LogP contribution in [0.3, 0.4) is 0 Å². The summed E-state index contributed by atoms with van der Waals surface area (Å²) in [6.07, 6.45) is 0.800. The van der Waals surface area contributed by atoms with Crippen LogP contribution in [0.2, 0.25) is 0 Å². The number of hydrogen-bond acceptors (Lipinski definition) is 4. The molecule has 3 aromatic heterocycles. The number of alkyl halides is 3. The molecule has 0 aliphatic heterocycles. The number of nitrogens with one attached hydrogen (secondary N) is 2. The largest absolute Gasteiger partial charge is 0.408 e. The topological polar surface area (TPSA) is 75.5 Å². The standard InChI is InChI=1S/C19H17F3N4O2S/c1-10(19(20,21)22)23-18(28)14-6-13(9-29-14)12-4-5-16-24-15(8-26(16)7-12)25-17(27)11-2-3-11/h4-11H,2-3H2,1H3,(H,23,28)(H,25,27)/t10-/m1/s1. The van der Waals surface area contributed by atoms with Crippen LogP contribution in [0, 0.1) is 5.92 Å². The monoisotopic (exact) mass is 422 g/mol. The molecule has 2 N–H and O–H groups in total. The van der Waals surface area contributed by atoms with Crippen LogP contribution in [0.15, 0.2) is 36.0 Å². The van der Waals surface area contributed by atoms with Gasteiger partial charge in [0, 0.05) is 12.1 Å². The van der Waals surface area contributed by atoms with Gasteiger partial charge >= 0.3 is 6.18 Å². The molecular weight excluding hydrogens is 405 g/mol. The smallest absolute Gasteiger partial charge is 0.340 e. The summed E-state index contributed by atoms with van der Waals surface area (Å²) in [5.41, 5.74) is 2.13. The first-order valence-electron chi connectivity index (χ1n) is 8.97. The highest BCUT2D eigenvalue weighted by Gasteiger charge is 2.37. The van der Waals surface area contributed by atoms with Crippen molar-refractivity contribution >= 4 is 34.6 Å². The number of carbonyl (C=O) groups is 2. The van der Waals surface area contributed by atoms with E-state index in [0.717, 1.165) is 36.7 Å². The maximum Gasteiger partial charge on any atom is 0.408 e. The minimum Gasteiger partial charge on any atom is -0.340 e. The number of aromatic nitrogens is 2. The Morgan fingerprint density at radius 3 is 2.69 bits per heavy atom. The fourth-order valence-corrected chi connectivity index (χ4v) is 3.57. The van der Waals surface area contributed by atoms with Crippen molar-refractivity contribution < 1.29 is 22.8 Å². The second-order valence-electron chi connectivity index (χ2n) is 7.01. The second-order valence-corrected chi connectivity index (χ2v) is 7.92. The quantitative estimate of drug-likeness (QED) is 0.650. The van der Waals surface area contributed by atoms with Gasteiger partial charge in [0.25, 0.3) is 5.91 Å². The number of pyridine rings is 1. The summed E-state index contributed by atoms with van der Waals surface area (Å²) >= 11 is 1.07. The third kappa shape index (κ3) is 4.26. The molecule has 152 valence electrons. The number of amides is 2. The van der Waals surface area contributed by atoms with E-state index in [1.807, 2.05) is 5.32 Å². The summed E-state index contributed by atoms with van der Waals surface area (Å²) in [5.74, 6) is -0.258. The number of rotatable bonds is 5. The van der Waals surface area contributed by atoms with Crippen LogP contribution in [0.1, 0.15) is 29.4 Å². The van der Waals surface area contributed by atoms with Gasteiger partial charge in [0.05, 0.1) is 11.1 Å². The zero-order valence-electron chi connectivity index (χ0n) is 15.3. The van der Waals surface area contributed by atoms with Gasteiger partial charge in [-0.15, -0.1) is 11.3 Å². The molecule has 3 heterocycles. The van der Waals surface area contributed by atoms with E-state index in [4.69, 9.17) is 0 Å². The first-order chi connectivity index (χ1) is 13.7. The molecule has 1 aliphatic carbocycles. The number of fused-ring (bicyclic) bond motifs is 1. The average molecular weight is 422 g/mol. The molecule has 1 fully saturated rings. The Balaban J connectivity index is 1.51. The Bertz CT molecular complexity index is 1080. The maximum absolute atomic E-state index is 12.6. The van der Waals surface area contributed by atoms with Crippen LogP contribution in [-0.2, 0) is 4.79 Å². The van der Waals surface area contributed by atoms with E-state index < -0.39 is 18.1 Å². The molecule has 29 heavy (non-hydrogen) atoms. The molecule has 1 aliphatic rings. The summed E-state index contributed by atoms with van der Waals surface area (Å²) in [6.45, 7) is 0.902. The molecule has 0 spiro atoms. The van der Waals surface area contributed by atoms with Crippen LogP contribution in [0.5, 0.6) is 0 Å². The van der Waals surface area contributed by atoms with Gasteiger partial charge < -0.3 is 15.0 Å². The lowest BCUT2D eigenvalue weighted by Gasteiger charge is -2.16. The summed E-state index contributed by atoms with van der Waals surface area (Å²) in [5, 5.41) is 6.45. The van der Waals surface area contributed by atoms with E-state index in [1.54, 1.807) is 40.4 Å². The summed E-state index contributed by atoms with van der Waals surface area (Å²) in [6, 6.07) is 3.20. The number of nitrogens with zero attached hydrogens (tertiary/aromatic N) is 2. The highest BCUT2D eigenvalue weighted by Crippen LogP contribution is 2.30. The molecule has 0 radical (unpaired) electrons. The summed E-state index contributed by atoms with van der Waals surface area (Å²) in [7, 11) is 0. The van der Waals surface area contributed by atoms with E-state index >= 15 is 0 Å². The number of halogens is 3. The Labute approximate surface area is 167 Å². The number of imidazole rings is 1. The highest BCUT2D eigenvalue weighted by atomic mass is 32.1. The van der Waals surface area contributed by atoms with Crippen LogP contribution in [0.4, 0.5) is 19.0 Å². The van der Waals surface area contributed by atoms with Crippen LogP contribution in [-0.4, -0.2) is 33.4 Å². The number of thiophene rings is 1. The van der Waals surface area contributed by atoms with Crippen molar-refractivity contribution in [2.45, 2.75) is 32.0 Å². The predicted octanol–water partition coefficient (Wildman–Crippen LogP) is 4.09. The highest BCUT2D eigenvalue weighted by molar-refractivity contribution is 7.12. The molecule has 0 bridgehead atoms. The zero-order chi connectivity index (χ0) is 20.8. The fourth-order valence-electron chi connectivity index (χ4n) is 2.75. The van der Waals surface area contributed by atoms with Crippen molar-refractivity contribution in [3.8, 4) is 11.1 Å². The number of anilines is 1. The number of hydrogen-bond donors (Lipinski definition) is 2. The van der Waals surface area contributed by atoms with Gasteiger partial charge in [0.1, 0.15) is 11.7 Å². The van der Waals surface area contributed by atoms with E-state index in [-0.39, 0.29) is 16.7 Å². The maximum atomic E-state index is 12.6. The molecular formula is C19H17F3N4O2S. The summed E-state index contributed by atoms with van der Waals surface area (Å²) in [4.78, 5) is 28.5. The van der Waals surface area contributed by atoms with Crippen molar-refractivity contribution in [3.63, 3.8) is 0 Å². The lowest BCUT2D eigenvalue weighted by molar-refractivity contribution is -0.149. The Morgan fingerprint density at radius 2 is 2.00 bits per heavy atom. The normalized spacial score (nSPS) is 15.3. The van der Waals surface area contributed by atoms with Crippen molar-refractivity contribution in [1.29, 1.82) is 0 Å². The lowest BCUT2D eigenvalue weighted by atomic mass is 10.1. The van der Waals surface area contributed by atoms with E-state index in [0.29, 0.717) is 17.0 Å². The third-order valence-corrected chi connectivity index (χ3v) is 5.57. The third-order valence-electron chi connectivity index (χ3n) is 4.65. The molecule has 6 nitrogen and oxygen atoms in total. The molecule has 1 atom stereocenters. The van der Waals surface area contributed by atoms with Crippen LogP contribution >= 0.6 is 11.3 Å². The Morgan fingerprint density at radius 1 is 1.24 bits per heavy atom. The minimum absolute atomic E-state index is 0.0322. The molecule has 4 rings (SSSR count). The molecule has 1 saturated carbocycles. The summed E-state index contributed by atoms with van der Waals surface area (Å²) < 4.78 is 39.6. The Kier molecular flexibility index (Phi) is 4.81. The van der Waals surface area contributed by atoms with Gasteiger partial charge in [-0.2, -0.15) is 13.2 Å². The van der Waals surface area contributed by atoms with Gasteiger partial charge in [0.15, 0.2) is 5.82 Å². The molecule has 0 aromatic carbocycles. The molecule has 10 heteroatoms. The molecule has 0 saturated heterocycles. The molecule has 3 aromatic rings. The molecule has 0 unspecified atom stereocenters. The lowest BCUT2D eigenvalue weighted by Crippen LogP contribution is -2.42. The van der Waals surface area contributed by atoms with Crippen molar-refractivity contribution in [2.24, 2.45) is 5.92 Å².